The minimum Gasteiger partial charge on any atom is -0.497 e. The third-order valence-corrected chi connectivity index (χ3v) is 5.55. The maximum absolute atomic E-state index is 5.48. The monoisotopic (exact) mass is 369 g/mol. The Hall–Kier alpha value is -2.04. The summed E-state index contributed by atoms with van der Waals surface area (Å²) in [5.74, 6) is 2.78. The highest BCUT2D eigenvalue weighted by atomic mass is 16.5. The lowest BCUT2D eigenvalue weighted by molar-refractivity contribution is 0.114. The minimum atomic E-state index is 0.298. The van der Waals surface area contributed by atoms with Crippen molar-refractivity contribution in [2.24, 2.45) is 5.92 Å². The third kappa shape index (κ3) is 4.82. The second-order valence-corrected chi connectivity index (χ2v) is 7.50. The van der Waals surface area contributed by atoms with Gasteiger partial charge in [-0.1, -0.05) is 31.2 Å². The molecule has 0 bridgehead atoms. The number of hydrogen-bond acceptors (Lipinski definition) is 4. The van der Waals surface area contributed by atoms with Crippen LogP contribution in [0.25, 0.3) is 0 Å². The lowest BCUT2D eigenvalue weighted by Gasteiger charge is -2.29. The van der Waals surface area contributed by atoms with Gasteiger partial charge in [0, 0.05) is 32.2 Å². The van der Waals surface area contributed by atoms with E-state index in [1.54, 1.807) is 21.3 Å². The van der Waals surface area contributed by atoms with Gasteiger partial charge in [0.05, 0.1) is 20.8 Å². The molecule has 0 spiro atoms. The molecule has 4 nitrogen and oxygen atoms in total. The van der Waals surface area contributed by atoms with E-state index in [-0.39, 0.29) is 0 Å². The van der Waals surface area contributed by atoms with Gasteiger partial charge in [0.2, 0.25) is 0 Å². The molecule has 4 heteroatoms. The normalized spacial score (nSPS) is 20.2. The zero-order valence-corrected chi connectivity index (χ0v) is 16.9. The lowest BCUT2D eigenvalue weighted by atomic mass is 9.90. The third-order valence-electron chi connectivity index (χ3n) is 5.55. The van der Waals surface area contributed by atoms with E-state index in [9.17, 15) is 0 Å². The molecule has 0 radical (unpaired) electrons. The molecule has 0 aliphatic carbocycles. The second-order valence-electron chi connectivity index (χ2n) is 7.50. The Balaban J connectivity index is 1.88. The van der Waals surface area contributed by atoms with E-state index < -0.39 is 0 Å². The highest BCUT2D eigenvalue weighted by Gasteiger charge is 2.31. The standard InChI is InChI=1S/C23H31NO3/c1-17-13-20(16-25-2)24(14-17)15-23(18-5-9-21(26-3)10-6-18)19-7-11-22(27-4)12-8-19/h5-12,17,20,23H,13-16H2,1-4H3. The molecule has 0 aromatic heterocycles. The van der Waals surface area contributed by atoms with Gasteiger partial charge in [0.25, 0.3) is 0 Å². The highest BCUT2D eigenvalue weighted by Crippen LogP contribution is 2.32. The molecule has 2 aromatic rings. The second kappa shape index (κ2) is 9.25. The van der Waals surface area contributed by atoms with Crippen molar-refractivity contribution in [3.63, 3.8) is 0 Å². The van der Waals surface area contributed by atoms with Crippen molar-refractivity contribution in [3.05, 3.63) is 59.7 Å². The van der Waals surface area contributed by atoms with Crippen molar-refractivity contribution in [1.29, 1.82) is 0 Å². The minimum absolute atomic E-state index is 0.298. The van der Waals surface area contributed by atoms with Crippen molar-refractivity contribution >= 4 is 0 Å². The molecular weight excluding hydrogens is 338 g/mol. The SMILES string of the molecule is COCC1CC(C)CN1CC(c1ccc(OC)cc1)c1ccc(OC)cc1. The molecule has 3 rings (SSSR count). The Morgan fingerprint density at radius 3 is 1.85 bits per heavy atom. The quantitative estimate of drug-likeness (QED) is 0.698. The first-order valence-electron chi connectivity index (χ1n) is 9.65. The largest absolute Gasteiger partial charge is 0.497 e. The van der Waals surface area contributed by atoms with Crippen LogP contribution in [0.3, 0.4) is 0 Å². The Bertz CT molecular complexity index is 651. The summed E-state index contributed by atoms with van der Waals surface area (Å²) in [6.45, 7) is 5.23. The van der Waals surface area contributed by atoms with Gasteiger partial charge in [-0.05, 0) is 47.7 Å². The van der Waals surface area contributed by atoms with Crippen LogP contribution in [0.5, 0.6) is 11.5 Å². The molecule has 2 atom stereocenters. The molecular formula is C23H31NO3. The number of ether oxygens (including phenoxy) is 3. The van der Waals surface area contributed by atoms with Gasteiger partial charge in [-0.15, -0.1) is 0 Å². The van der Waals surface area contributed by atoms with Crippen molar-refractivity contribution in [3.8, 4) is 11.5 Å². The summed E-state index contributed by atoms with van der Waals surface area (Å²) in [7, 11) is 5.21. The van der Waals surface area contributed by atoms with Crippen LogP contribution in [0, 0.1) is 5.92 Å². The zero-order chi connectivity index (χ0) is 19.2. The van der Waals surface area contributed by atoms with Crippen LogP contribution in [-0.2, 0) is 4.74 Å². The van der Waals surface area contributed by atoms with Crippen LogP contribution < -0.4 is 9.47 Å². The average Bonchev–Trinajstić information content (AvgIpc) is 3.05. The average molecular weight is 370 g/mol. The summed E-state index contributed by atoms with van der Waals surface area (Å²) >= 11 is 0. The Morgan fingerprint density at radius 1 is 0.889 bits per heavy atom. The number of benzene rings is 2. The molecule has 2 aromatic carbocycles. The predicted octanol–water partition coefficient (Wildman–Crippen LogP) is 4.19. The summed E-state index contributed by atoms with van der Waals surface area (Å²) in [5.41, 5.74) is 2.60. The molecule has 0 N–H and O–H groups in total. The molecule has 1 aliphatic rings. The highest BCUT2D eigenvalue weighted by molar-refractivity contribution is 5.38. The first-order chi connectivity index (χ1) is 13.1. The first-order valence-corrected chi connectivity index (χ1v) is 9.65. The fraction of sp³-hybridized carbons (Fsp3) is 0.478. The van der Waals surface area contributed by atoms with E-state index in [1.807, 2.05) is 24.3 Å². The van der Waals surface area contributed by atoms with E-state index in [2.05, 4.69) is 36.1 Å². The summed E-state index contributed by atoms with van der Waals surface area (Å²) in [6, 6.07) is 17.4. The van der Waals surface area contributed by atoms with E-state index >= 15 is 0 Å². The van der Waals surface area contributed by atoms with Crippen LogP contribution in [-0.4, -0.2) is 52.0 Å². The summed E-state index contributed by atoms with van der Waals surface area (Å²) < 4.78 is 16.2. The maximum atomic E-state index is 5.48. The molecule has 146 valence electrons. The van der Waals surface area contributed by atoms with Gasteiger partial charge in [0.15, 0.2) is 0 Å². The molecule has 0 amide bonds. The van der Waals surface area contributed by atoms with Crippen LogP contribution in [0.1, 0.15) is 30.4 Å². The van der Waals surface area contributed by atoms with Crippen LogP contribution in [0.15, 0.2) is 48.5 Å². The summed E-state index contributed by atoms with van der Waals surface area (Å²) in [4.78, 5) is 2.59. The van der Waals surface area contributed by atoms with Crippen LogP contribution in [0.2, 0.25) is 0 Å². The molecule has 0 saturated carbocycles. The number of likely N-dealkylation sites (tertiary alicyclic amines) is 1. The Labute approximate surface area is 163 Å². The van der Waals surface area contributed by atoms with E-state index in [0.717, 1.165) is 31.2 Å². The van der Waals surface area contributed by atoms with Crippen LogP contribution in [0.4, 0.5) is 0 Å². The van der Waals surface area contributed by atoms with Gasteiger partial charge in [-0.25, -0.2) is 0 Å². The van der Waals surface area contributed by atoms with Gasteiger partial charge in [-0.3, -0.25) is 4.90 Å². The van der Waals surface area contributed by atoms with E-state index in [1.165, 1.54) is 17.5 Å². The zero-order valence-electron chi connectivity index (χ0n) is 16.9. The van der Waals surface area contributed by atoms with Crippen LogP contribution >= 0.6 is 0 Å². The Morgan fingerprint density at radius 2 is 1.41 bits per heavy atom. The lowest BCUT2D eigenvalue weighted by Crippen LogP contribution is -2.36. The topological polar surface area (TPSA) is 30.9 Å². The van der Waals surface area contributed by atoms with E-state index in [4.69, 9.17) is 14.2 Å². The first kappa shape index (κ1) is 19.7. The van der Waals surface area contributed by atoms with Gasteiger partial charge >= 0.3 is 0 Å². The number of hydrogen-bond donors (Lipinski definition) is 0. The molecule has 1 aliphatic heterocycles. The van der Waals surface area contributed by atoms with E-state index in [0.29, 0.717) is 17.9 Å². The smallest absolute Gasteiger partial charge is 0.118 e. The van der Waals surface area contributed by atoms with Crippen molar-refractivity contribution in [2.75, 3.05) is 41.0 Å². The van der Waals surface area contributed by atoms with Gasteiger partial charge in [-0.2, -0.15) is 0 Å². The summed E-state index contributed by atoms with van der Waals surface area (Å²) in [6.07, 6.45) is 1.20. The van der Waals surface area contributed by atoms with Gasteiger partial charge < -0.3 is 14.2 Å². The predicted molar refractivity (Wildman–Crippen MR) is 109 cm³/mol. The number of methoxy groups -OCH3 is 3. The number of nitrogens with zero attached hydrogens (tertiary/aromatic N) is 1. The molecule has 1 fully saturated rings. The fourth-order valence-electron chi connectivity index (χ4n) is 4.14. The molecule has 1 heterocycles. The molecule has 27 heavy (non-hydrogen) atoms. The maximum Gasteiger partial charge on any atom is 0.118 e. The van der Waals surface area contributed by atoms with Crippen molar-refractivity contribution < 1.29 is 14.2 Å². The molecule has 2 unspecified atom stereocenters. The fourth-order valence-corrected chi connectivity index (χ4v) is 4.14. The molecule has 1 saturated heterocycles. The summed E-state index contributed by atoms with van der Waals surface area (Å²) in [5, 5.41) is 0. The van der Waals surface area contributed by atoms with Crippen molar-refractivity contribution in [2.45, 2.75) is 25.3 Å². The number of rotatable bonds is 8. The van der Waals surface area contributed by atoms with Crippen molar-refractivity contribution in [1.82, 2.24) is 4.90 Å². The van der Waals surface area contributed by atoms with Gasteiger partial charge in [0.1, 0.15) is 11.5 Å². The Kier molecular flexibility index (Phi) is 6.75.